The average molecular weight is 228 g/mol. The lowest BCUT2D eigenvalue weighted by Gasteiger charge is -2.11. The Kier molecular flexibility index (Phi) is 2.39. The first-order valence-electron chi connectivity index (χ1n) is 5.99. The molecule has 0 aliphatic heterocycles. The van der Waals surface area contributed by atoms with E-state index in [0.29, 0.717) is 6.04 Å². The first-order valence-corrected chi connectivity index (χ1v) is 5.99. The Labute approximate surface area is 101 Å². The van der Waals surface area contributed by atoms with Crippen molar-refractivity contribution in [1.82, 2.24) is 4.98 Å². The smallest absolute Gasteiger partial charge is 0.145 e. The summed E-state index contributed by atoms with van der Waals surface area (Å²) in [5.74, 6) is 0.838. The van der Waals surface area contributed by atoms with Gasteiger partial charge in [-0.2, -0.15) is 0 Å². The Morgan fingerprint density at radius 1 is 1.35 bits per heavy atom. The fourth-order valence-corrected chi connectivity index (χ4v) is 2.08. The van der Waals surface area contributed by atoms with Gasteiger partial charge in [0, 0.05) is 22.8 Å². The van der Waals surface area contributed by atoms with Crippen LogP contribution >= 0.6 is 0 Å². The molecule has 88 valence electrons. The van der Waals surface area contributed by atoms with E-state index in [1.807, 2.05) is 19.1 Å². The highest BCUT2D eigenvalue weighted by Crippen LogP contribution is 2.33. The molecule has 0 spiro atoms. The number of ether oxygens (including phenoxy) is 1. The lowest BCUT2D eigenvalue weighted by atomic mass is 10.1. The van der Waals surface area contributed by atoms with Crippen LogP contribution in [0.4, 0.5) is 5.69 Å². The van der Waals surface area contributed by atoms with Gasteiger partial charge in [0.15, 0.2) is 0 Å². The van der Waals surface area contributed by atoms with Crippen molar-refractivity contribution in [1.29, 1.82) is 0 Å². The number of anilines is 1. The van der Waals surface area contributed by atoms with Crippen molar-refractivity contribution in [2.24, 2.45) is 0 Å². The van der Waals surface area contributed by atoms with Crippen LogP contribution in [0.2, 0.25) is 0 Å². The number of rotatable bonds is 3. The monoisotopic (exact) mass is 228 g/mol. The zero-order valence-corrected chi connectivity index (χ0v) is 10.2. The van der Waals surface area contributed by atoms with Crippen LogP contribution in [-0.4, -0.2) is 18.1 Å². The third-order valence-electron chi connectivity index (χ3n) is 3.09. The lowest BCUT2D eigenvalue weighted by Crippen LogP contribution is -2.03. The molecule has 3 nitrogen and oxygen atoms in total. The zero-order chi connectivity index (χ0) is 11.8. The molecule has 3 rings (SSSR count). The standard InChI is InChI=1S/C14H16N2O/c1-9-8-12(16-10-6-7-10)11-4-3-5-13(17-2)14(11)15-9/h3-5,8,10H,6-7H2,1-2H3,(H,15,16). The van der Waals surface area contributed by atoms with Gasteiger partial charge in [-0.05, 0) is 31.9 Å². The third kappa shape index (κ3) is 1.93. The molecule has 0 saturated heterocycles. The SMILES string of the molecule is COc1cccc2c(NC3CC3)cc(C)nc12. The number of aryl methyl sites for hydroxylation is 1. The fourth-order valence-electron chi connectivity index (χ4n) is 2.08. The molecule has 1 aromatic heterocycles. The van der Waals surface area contributed by atoms with Crippen LogP contribution in [0.1, 0.15) is 18.5 Å². The van der Waals surface area contributed by atoms with E-state index in [-0.39, 0.29) is 0 Å². The second-order valence-corrected chi connectivity index (χ2v) is 4.59. The van der Waals surface area contributed by atoms with Gasteiger partial charge in [0.25, 0.3) is 0 Å². The molecule has 1 N–H and O–H groups in total. The molecule has 1 aromatic carbocycles. The molecule has 0 atom stereocenters. The summed E-state index contributed by atoms with van der Waals surface area (Å²) in [6.07, 6.45) is 2.54. The van der Waals surface area contributed by atoms with Crippen molar-refractivity contribution < 1.29 is 4.74 Å². The molecule has 0 unspecified atom stereocenters. The summed E-state index contributed by atoms with van der Waals surface area (Å²) >= 11 is 0. The van der Waals surface area contributed by atoms with E-state index in [9.17, 15) is 0 Å². The Hall–Kier alpha value is -1.77. The maximum Gasteiger partial charge on any atom is 0.145 e. The van der Waals surface area contributed by atoms with Crippen LogP contribution in [0.15, 0.2) is 24.3 Å². The van der Waals surface area contributed by atoms with E-state index in [1.165, 1.54) is 18.5 Å². The quantitative estimate of drug-likeness (QED) is 0.876. The number of hydrogen-bond donors (Lipinski definition) is 1. The molecule has 1 aliphatic rings. The van der Waals surface area contributed by atoms with E-state index in [0.717, 1.165) is 22.3 Å². The molecule has 1 aliphatic carbocycles. The number of para-hydroxylation sites is 1. The van der Waals surface area contributed by atoms with Gasteiger partial charge in [-0.15, -0.1) is 0 Å². The van der Waals surface area contributed by atoms with Crippen molar-refractivity contribution in [3.8, 4) is 5.75 Å². The predicted octanol–water partition coefficient (Wildman–Crippen LogP) is 3.13. The third-order valence-corrected chi connectivity index (χ3v) is 3.09. The molecular weight excluding hydrogens is 212 g/mol. The Balaban J connectivity index is 2.19. The molecule has 0 amide bonds. The molecule has 1 fully saturated rings. The van der Waals surface area contributed by atoms with Crippen molar-refractivity contribution in [2.45, 2.75) is 25.8 Å². The minimum absolute atomic E-state index is 0.645. The summed E-state index contributed by atoms with van der Waals surface area (Å²) < 4.78 is 5.37. The van der Waals surface area contributed by atoms with Gasteiger partial charge in [-0.25, -0.2) is 4.98 Å². The van der Waals surface area contributed by atoms with Crippen molar-refractivity contribution in [2.75, 3.05) is 12.4 Å². The van der Waals surface area contributed by atoms with Crippen LogP contribution in [0, 0.1) is 6.92 Å². The predicted molar refractivity (Wildman–Crippen MR) is 69.7 cm³/mol. The summed E-state index contributed by atoms with van der Waals surface area (Å²) in [7, 11) is 1.69. The van der Waals surface area contributed by atoms with Gasteiger partial charge in [-0.1, -0.05) is 12.1 Å². The fraction of sp³-hybridized carbons (Fsp3) is 0.357. The van der Waals surface area contributed by atoms with Crippen LogP contribution < -0.4 is 10.1 Å². The van der Waals surface area contributed by atoms with Crippen LogP contribution in [0.5, 0.6) is 5.75 Å². The number of fused-ring (bicyclic) bond motifs is 1. The maximum absolute atomic E-state index is 5.37. The van der Waals surface area contributed by atoms with E-state index in [4.69, 9.17) is 4.74 Å². The average Bonchev–Trinajstić information content (AvgIpc) is 3.12. The topological polar surface area (TPSA) is 34.1 Å². The molecule has 2 aromatic rings. The highest BCUT2D eigenvalue weighted by molar-refractivity contribution is 5.95. The van der Waals surface area contributed by atoms with Gasteiger partial charge in [0.05, 0.1) is 7.11 Å². The summed E-state index contributed by atoms with van der Waals surface area (Å²) in [6.45, 7) is 2.02. The van der Waals surface area contributed by atoms with Crippen molar-refractivity contribution >= 4 is 16.6 Å². The molecule has 3 heteroatoms. The summed E-state index contributed by atoms with van der Waals surface area (Å²) in [5.41, 5.74) is 3.14. The maximum atomic E-state index is 5.37. The second-order valence-electron chi connectivity index (χ2n) is 4.59. The van der Waals surface area contributed by atoms with Crippen LogP contribution in [0.3, 0.4) is 0 Å². The van der Waals surface area contributed by atoms with Gasteiger partial charge in [0.1, 0.15) is 11.3 Å². The first-order chi connectivity index (χ1) is 8.28. The van der Waals surface area contributed by atoms with Gasteiger partial charge in [-0.3, -0.25) is 0 Å². The Morgan fingerprint density at radius 2 is 2.18 bits per heavy atom. The van der Waals surface area contributed by atoms with E-state index in [1.54, 1.807) is 7.11 Å². The van der Waals surface area contributed by atoms with E-state index in [2.05, 4.69) is 22.4 Å². The molecule has 17 heavy (non-hydrogen) atoms. The van der Waals surface area contributed by atoms with Crippen LogP contribution in [0.25, 0.3) is 10.9 Å². The normalized spacial score (nSPS) is 14.9. The first kappa shape index (κ1) is 10.4. The molecular formula is C14H16N2O. The number of benzene rings is 1. The highest BCUT2D eigenvalue weighted by atomic mass is 16.5. The zero-order valence-electron chi connectivity index (χ0n) is 10.2. The summed E-state index contributed by atoms with van der Waals surface area (Å²) in [5, 5.41) is 4.70. The largest absolute Gasteiger partial charge is 0.494 e. The number of methoxy groups -OCH3 is 1. The number of pyridine rings is 1. The van der Waals surface area contributed by atoms with E-state index < -0.39 is 0 Å². The Morgan fingerprint density at radius 3 is 2.88 bits per heavy atom. The van der Waals surface area contributed by atoms with Gasteiger partial charge < -0.3 is 10.1 Å². The Bertz CT molecular complexity index is 561. The van der Waals surface area contributed by atoms with Gasteiger partial charge >= 0.3 is 0 Å². The van der Waals surface area contributed by atoms with Crippen molar-refractivity contribution in [3.05, 3.63) is 30.0 Å². The lowest BCUT2D eigenvalue weighted by molar-refractivity contribution is 0.419. The second kappa shape index (κ2) is 3.91. The molecule has 0 radical (unpaired) electrons. The van der Waals surface area contributed by atoms with E-state index >= 15 is 0 Å². The molecule has 1 heterocycles. The number of nitrogens with zero attached hydrogens (tertiary/aromatic N) is 1. The minimum atomic E-state index is 0.645. The molecule has 0 bridgehead atoms. The van der Waals surface area contributed by atoms with Crippen LogP contribution in [-0.2, 0) is 0 Å². The summed E-state index contributed by atoms with van der Waals surface area (Å²) in [6, 6.07) is 8.81. The highest BCUT2D eigenvalue weighted by Gasteiger charge is 2.22. The molecule has 1 saturated carbocycles. The minimum Gasteiger partial charge on any atom is -0.494 e. The number of hydrogen-bond acceptors (Lipinski definition) is 3. The summed E-state index contributed by atoms with van der Waals surface area (Å²) in [4.78, 5) is 4.57. The van der Waals surface area contributed by atoms with Crippen molar-refractivity contribution in [3.63, 3.8) is 0 Å². The number of nitrogens with one attached hydrogen (secondary N) is 1. The number of aromatic nitrogens is 1. The van der Waals surface area contributed by atoms with Gasteiger partial charge in [0.2, 0.25) is 0 Å².